The number of aromatic nitrogens is 2. The van der Waals surface area contributed by atoms with E-state index in [2.05, 4.69) is 9.97 Å². The highest BCUT2D eigenvalue weighted by atomic mass is 35.5. The van der Waals surface area contributed by atoms with Crippen molar-refractivity contribution in [3.8, 4) is 11.6 Å². The molecule has 0 N–H and O–H groups in total. The minimum absolute atomic E-state index is 0.00268. The van der Waals surface area contributed by atoms with Crippen molar-refractivity contribution >= 4 is 11.6 Å². The summed E-state index contributed by atoms with van der Waals surface area (Å²) in [6, 6.07) is 5.89. The topological polar surface area (TPSA) is 35.0 Å². The van der Waals surface area contributed by atoms with Crippen molar-refractivity contribution in [2.75, 3.05) is 0 Å². The average Bonchev–Trinajstić information content (AvgIpc) is 2.26. The van der Waals surface area contributed by atoms with Crippen LogP contribution in [-0.4, -0.2) is 9.97 Å². The third-order valence-corrected chi connectivity index (χ3v) is 2.14. The molecule has 0 amide bonds. The number of hydrogen-bond acceptors (Lipinski definition) is 3. The van der Waals surface area contributed by atoms with E-state index in [1.54, 1.807) is 0 Å². The van der Waals surface area contributed by atoms with Gasteiger partial charge < -0.3 is 4.74 Å². The molecule has 0 atom stereocenters. The molecule has 1 heterocycles. The SMILES string of the molecule is Fc1cccc(Oc2cc(Cl)nc(C(F)(F)F)n2)c1. The van der Waals surface area contributed by atoms with Gasteiger partial charge in [0.05, 0.1) is 0 Å². The zero-order chi connectivity index (χ0) is 14.0. The van der Waals surface area contributed by atoms with E-state index in [0.717, 1.165) is 12.1 Å². The first kappa shape index (κ1) is 13.5. The van der Waals surface area contributed by atoms with Gasteiger partial charge in [0.15, 0.2) is 0 Å². The van der Waals surface area contributed by atoms with Crippen LogP contribution >= 0.6 is 11.6 Å². The largest absolute Gasteiger partial charge is 0.451 e. The summed E-state index contributed by atoms with van der Waals surface area (Å²) in [5.41, 5.74) is 0. The summed E-state index contributed by atoms with van der Waals surface area (Å²) in [6.45, 7) is 0. The van der Waals surface area contributed by atoms with Gasteiger partial charge >= 0.3 is 6.18 Å². The van der Waals surface area contributed by atoms with Gasteiger partial charge in [-0.15, -0.1) is 0 Å². The minimum Gasteiger partial charge on any atom is -0.439 e. The Kier molecular flexibility index (Phi) is 3.57. The maximum absolute atomic E-state index is 12.9. The van der Waals surface area contributed by atoms with Crippen molar-refractivity contribution in [3.05, 3.63) is 47.1 Å². The number of hydrogen-bond donors (Lipinski definition) is 0. The van der Waals surface area contributed by atoms with Gasteiger partial charge in [-0.05, 0) is 12.1 Å². The minimum atomic E-state index is -4.75. The van der Waals surface area contributed by atoms with E-state index in [-0.39, 0.29) is 5.75 Å². The molecule has 0 aliphatic carbocycles. The third kappa shape index (κ3) is 3.54. The van der Waals surface area contributed by atoms with E-state index in [9.17, 15) is 17.6 Å². The van der Waals surface area contributed by atoms with Crippen molar-refractivity contribution in [2.24, 2.45) is 0 Å². The number of alkyl halides is 3. The molecule has 1 aromatic heterocycles. The van der Waals surface area contributed by atoms with Crippen LogP contribution in [0.4, 0.5) is 17.6 Å². The Balaban J connectivity index is 2.33. The predicted octanol–water partition coefficient (Wildman–Crippen LogP) is 4.08. The Hall–Kier alpha value is -1.89. The smallest absolute Gasteiger partial charge is 0.439 e. The third-order valence-electron chi connectivity index (χ3n) is 1.94. The Labute approximate surface area is 109 Å². The lowest BCUT2D eigenvalue weighted by molar-refractivity contribution is -0.145. The molecule has 0 fully saturated rings. The van der Waals surface area contributed by atoms with Crippen LogP contribution in [0.1, 0.15) is 5.82 Å². The van der Waals surface area contributed by atoms with E-state index in [1.807, 2.05) is 0 Å². The first-order valence-electron chi connectivity index (χ1n) is 4.90. The fourth-order valence-corrected chi connectivity index (χ4v) is 1.40. The van der Waals surface area contributed by atoms with Gasteiger partial charge in [-0.1, -0.05) is 17.7 Å². The van der Waals surface area contributed by atoms with E-state index in [0.29, 0.717) is 0 Å². The Morgan fingerprint density at radius 2 is 1.84 bits per heavy atom. The van der Waals surface area contributed by atoms with Crippen molar-refractivity contribution in [1.82, 2.24) is 9.97 Å². The monoisotopic (exact) mass is 292 g/mol. The maximum Gasteiger partial charge on any atom is 0.451 e. The molecular formula is C11H5ClF4N2O. The van der Waals surface area contributed by atoms with E-state index in [1.165, 1.54) is 18.2 Å². The van der Waals surface area contributed by atoms with E-state index >= 15 is 0 Å². The number of nitrogens with zero attached hydrogens (tertiary/aromatic N) is 2. The average molecular weight is 293 g/mol. The van der Waals surface area contributed by atoms with Crippen LogP contribution in [0.3, 0.4) is 0 Å². The Morgan fingerprint density at radius 3 is 2.47 bits per heavy atom. The zero-order valence-electron chi connectivity index (χ0n) is 9.08. The van der Waals surface area contributed by atoms with Crippen molar-refractivity contribution in [3.63, 3.8) is 0 Å². The lowest BCUT2D eigenvalue weighted by atomic mass is 10.3. The normalized spacial score (nSPS) is 11.4. The molecule has 0 aliphatic rings. The standard InChI is InChI=1S/C11H5ClF4N2O/c12-8-5-9(18-10(17-8)11(14,15)16)19-7-3-1-2-6(13)4-7/h1-5H. The van der Waals surface area contributed by atoms with Gasteiger partial charge in [-0.2, -0.15) is 18.2 Å². The Morgan fingerprint density at radius 1 is 1.11 bits per heavy atom. The van der Waals surface area contributed by atoms with Gasteiger partial charge in [0.2, 0.25) is 11.7 Å². The van der Waals surface area contributed by atoms with Crippen molar-refractivity contribution in [1.29, 1.82) is 0 Å². The van der Waals surface area contributed by atoms with E-state index < -0.39 is 28.9 Å². The molecule has 0 radical (unpaired) electrons. The molecule has 0 aliphatic heterocycles. The second kappa shape index (κ2) is 5.00. The van der Waals surface area contributed by atoms with Gasteiger partial charge in [0.1, 0.15) is 16.7 Å². The number of ether oxygens (including phenoxy) is 1. The fraction of sp³-hybridized carbons (Fsp3) is 0.0909. The lowest BCUT2D eigenvalue weighted by Gasteiger charge is -2.08. The summed E-state index contributed by atoms with van der Waals surface area (Å²) >= 11 is 5.45. The Bertz CT molecular complexity index is 603. The molecule has 2 rings (SSSR count). The summed E-state index contributed by atoms with van der Waals surface area (Å²) in [4.78, 5) is 6.20. The summed E-state index contributed by atoms with van der Waals surface area (Å²) < 4.78 is 55.3. The van der Waals surface area contributed by atoms with Crippen molar-refractivity contribution in [2.45, 2.75) is 6.18 Å². The highest BCUT2D eigenvalue weighted by molar-refractivity contribution is 6.29. The van der Waals surface area contributed by atoms with Gasteiger partial charge in [0, 0.05) is 12.1 Å². The molecule has 0 spiro atoms. The van der Waals surface area contributed by atoms with Gasteiger partial charge in [-0.25, -0.2) is 9.37 Å². The van der Waals surface area contributed by atoms with E-state index in [4.69, 9.17) is 16.3 Å². The maximum atomic E-state index is 12.9. The highest BCUT2D eigenvalue weighted by Gasteiger charge is 2.35. The van der Waals surface area contributed by atoms with Gasteiger partial charge in [0.25, 0.3) is 0 Å². The van der Waals surface area contributed by atoms with Crippen LogP contribution in [0.5, 0.6) is 11.6 Å². The first-order valence-corrected chi connectivity index (χ1v) is 5.27. The molecule has 1 aromatic carbocycles. The summed E-state index contributed by atoms with van der Waals surface area (Å²) in [5.74, 6) is -2.43. The molecule has 3 nitrogen and oxygen atoms in total. The molecule has 0 saturated heterocycles. The van der Waals surface area contributed by atoms with Crippen LogP contribution < -0.4 is 4.74 Å². The molecule has 0 bridgehead atoms. The predicted molar refractivity (Wildman–Crippen MR) is 58.5 cm³/mol. The molecule has 100 valence electrons. The summed E-state index contributed by atoms with van der Waals surface area (Å²) in [5, 5.41) is -0.422. The number of rotatable bonds is 2. The zero-order valence-corrected chi connectivity index (χ0v) is 9.84. The van der Waals surface area contributed by atoms with Gasteiger partial charge in [-0.3, -0.25) is 0 Å². The fourth-order valence-electron chi connectivity index (χ4n) is 1.23. The first-order chi connectivity index (χ1) is 8.84. The van der Waals surface area contributed by atoms with Crippen LogP contribution in [0.25, 0.3) is 0 Å². The van der Waals surface area contributed by atoms with Crippen LogP contribution in [0.15, 0.2) is 30.3 Å². The molecular weight excluding hydrogens is 288 g/mol. The van der Waals surface area contributed by atoms with Crippen LogP contribution in [0, 0.1) is 5.82 Å². The molecule has 0 unspecified atom stereocenters. The number of halogens is 5. The van der Waals surface area contributed by atoms with Crippen LogP contribution in [0.2, 0.25) is 5.15 Å². The number of benzene rings is 1. The molecule has 2 aromatic rings. The van der Waals surface area contributed by atoms with Crippen molar-refractivity contribution < 1.29 is 22.3 Å². The molecule has 0 saturated carbocycles. The second-order valence-electron chi connectivity index (χ2n) is 3.41. The molecule has 19 heavy (non-hydrogen) atoms. The molecule has 8 heteroatoms. The van der Waals surface area contributed by atoms with Crippen LogP contribution in [-0.2, 0) is 6.18 Å². The quantitative estimate of drug-likeness (QED) is 0.618. The summed E-state index contributed by atoms with van der Waals surface area (Å²) in [7, 11) is 0. The second-order valence-corrected chi connectivity index (χ2v) is 3.80. The lowest BCUT2D eigenvalue weighted by Crippen LogP contribution is -2.11. The summed E-state index contributed by atoms with van der Waals surface area (Å²) in [6.07, 6.45) is -4.75. The highest BCUT2D eigenvalue weighted by Crippen LogP contribution is 2.30.